The first-order chi connectivity index (χ1) is 7.07. The average molecular weight is 206 g/mol. The van der Waals surface area contributed by atoms with E-state index in [1.165, 1.54) is 5.56 Å². The van der Waals surface area contributed by atoms with Crippen molar-refractivity contribution in [3.8, 4) is 0 Å². The van der Waals surface area contributed by atoms with Crippen LogP contribution in [0.25, 0.3) is 0 Å². The zero-order valence-electron chi connectivity index (χ0n) is 9.58. The Morgan fingerprint density at radius 2 is 2.33 bits per heavy atom. The second kappa shape index (κ2) is 3.91. The van der Waals surface area contributed by atoms with E-state index in [9.17, 15) is 0 Å². The molecule has 82 valence electrons. The van der Waals surface area contributed by atoms with Gasteiger partial charge in [-0.1, -0.05) is 0 Å². The van der Waals surface area contributed by atoms with Gasteiger partial charge in [0.2, 0.25) is 0 Å². The van der Waals surface area contributed by atoms with E-state index in [0.717, 1.165) is 18.8 Å². The molecule has 0 amide bonds. The fraction of sp³-hybridized carbons (Fsp3) is 0.583. The number of ether oxygens (including phenoxy) is 1. The van der Waals surface area contributed by atoms with E-state index in [1.54, 1.807) is 0 Å². The van der Waals surface area contributed by atoms with Gasteiger partial charge >= 0.3 is 0 Å². The number of morpholine rings is 1. The van der Waals surface area contributed by atoms with Gasteiger partial charge in [-0.15, -0.1) is 0 Å². The lowest BCUT2D eigenvalue weighted by molar-refractivity contribution is -0.0959. The van der Waals surface area contributed by atoms with Crippen LogP contribution < -0.4 is 5.32 Å². The van der Waals surface area contributed by atoms with Gasteiger partial charge in [-0.3, -0.25) is 4.98 Å². The molecule has 1 aliphatic rings. The third kappa shape index (κ3) is 2.55. The second-order valence-corrected chi connectivity index (χ2v) is 4.73. The average Bonchev–Trinajstić information content (AvgIpc) is 2.16. The summed E-state index contributed by atoms with van der Waals surface area (Å²) in [5, 5.41) is 3.40. The first-order valence-corrected chi connectivity index (χ1v) is 5.38. The molecule has 0 saturated carbocycles. The van der Waals surface area contributed by atoms with Crippen molar-refractivity contribution in [1.29, 1.82) is 0 Å². The summed E-state index contributed by atoms with van der Waals surface area (Å²) in [7, 11) is 0. The fourth-order valence-corrected chi connectivity index (χ4v) is 1.93. The molecule has 1 aromatic heterocycles. The van der Waals surface area contributed by atoms with Crippen LogP contribution in [-0.2, 0) is 4.74 Å². The Labute approximate surface area is 90.9 Å². The van der Waals surface area contributed by atoms with Crippen molar-refractivity contribution in [3.05, 3.63) is 29.6 Å². The topological polar surface area (TPSA) is 34.1 Å². The lowest BCUT2D eigenvalue weighted by Crippen LogP contribution is -2.46. The molecule has 1 aromatic rings. The maximum Gasteiger partial charge on any atom is 0.0958 e. The molecule has 15 heavy (non-hydrogen) atoms. The highest BCUT2D eigenvalue weighted by molar-refractivity contribution is 5.19. The Morgan fingerprint density at radius 3 is 3.00 bits per heavy atom. The highest BCUT2D eigenvalue weighted by atomic mass is 16.5. The number of aryl methyl sites for hydroxylation is 1. The summed E-state index contributed by atoms with van der Waals surface area (Å²) in [4.78, 5) is 4.20. The molecule has 1 fully saturated rings. The summed E-state index contributed by atoms with van der Waals surface area (Å²) in [6.07, 6.45) is 1.99. The summed E-state index contributed by atoms with van der Waals surface area (Å²) >= 11 is 0. The molecular formula is C12H18N2O. The minimum absolute atomic E-state index is 0.0832. The summed E-state index contributed by atoms with van der Waals surface area (Å²) in [6.45, 7) is 8.02. The van der Waals surface area contributed by atoms with Gasteiger partial charge < -0.3 is 10.1 Å². The summed E-state index contributed by atoms with van der Waals surface area (Å²) in [5.74, 6) is 0. The van der Waals surface area contributed by atoms with Gasteiger partial charge in [0.05, 0.1) is 11.7 Å². The monoisotopic (exact) mass is 206 g/mol. The van der Waals surface area contributed by atoms with Crippen LogP contribution in [0.2, 0.25) is 0 Å². The molecule has 3 heteroatoms. The van der Waals surface area contributed by atoms with Gasteiger partial charge in [-0.2, -0.15) is 0 Å². The first-order valence-electron chi connectivity index (χ1n) is 5.38. The van der Waals surface area contributed by atoms with E-state index in [-0.39, 0.29) is 11.7 Å². The van der Waals surface area contributed by atoms with Crippen LogP contribution in [0, 0.1) is 6.92 Å². The van der Waals surface area contributed by atoms with Crippen molar-refractivity contribution in [1.82, 2.24) is 10.3 Å². The molecule has 0 spiro atoms. The normalized spacial score (nSPS) is 25.1. The standard InChI is InChI=1S/C12H18N2O/c1-9-6-10(4-5-14-9)11-7-13-8-12(2,3)15-11/h4-6,11,13H,7-8H2,1-3H3. The Hall–Kier alpha value is -0.930. The van der Waals surface area contributed by atoms with Crippen molar-refractivity contribution < 1.29 is 4.74 Å². The molecule has 0 aliphatic carbocycles. The van der Waals surface area contributed by atoms with Gasteiger partial charge in [0.1, 0.15) is 0 Å². The van der Waals surface area contributed by atoms with Gasteiger partial charge in [0, 0.05) is 25.0 Å². The lowest BCUT2D eigenvalue weighted by atomic mass is 10.0. The molecule has 1 N–H and O–H groups in total. The van der Waals surface area contributed by atoms with Gasteiger partial charge in [-0.05, 0) is 38.5 Å². The van der Waals surface area contributed by atoms with E-state index < -0.39 is 0 Å². The number of rotatable bonds is 1. The van der Waals surface area contributed by atoms with E-state index in [4.69, 9.17) is 4.74 Å². The molecular weight excluding hydrogens is 188 g/mol. The third-order valence-electron chi connectivity index (χ3n) is 2.63. The van der Waals surface area contributed by atoms with Gasteiger partial charge in [0.25, 0.3) is 0 Å². The quantitative estimate of drug-likeness (QED) is 0.761. The smallest absolute Gasteiger partial charge is 0.0958 e. The largest absolute Gasteiger partial charge is 0.365 e. The van der Waals surface area contributed by atoms with E-state index in [2.05, 4.69) is 30.2 Å². The maximum absolute atomic E-state index is 6.02. The number of pyridine rings is 1. The molecule has 1 aliphatic heterocycles. The van der Waals surface area contributed by atoms with Crippen molar-refractivity contribution in [2.75, 3.05) is 13.1 Å². The molecule has 1 unspecified atom stereocenters. The van der Waals surface area contributed by atoms with E-state index >= 15 is 0 Å². The zero-order chi connectivity index (χ0) is 10.9. The predicted molar refractivity (Wildman–Crippen MR) is 59.7 cm³/mol. The lowest BCUT2D eigenvalue weighted by Gasteiger charge is -2.36. The second-order valence-electron chi connectivity index (χ2n) is 4.73. The van der Waals surface area contributed by atoms with Crippen molar-refractivity contribution in [2.24, 2.45) is 0 Å². The van der Waals surface area contributed by atoms with Gasteiger partial charge in [0.15, 0.2) is 0 Å². The molecule has 0 aromatic carbocycles. The van der Waals surface area contributed by atoms with Crippen molar-refractivity contribution in [2.45, 2.75) is 32.5 Å². The SMILES string of the molecule is Cc1cc(C2CNCC(C)(C)O2)ccn1. The van der Waals surface area contributed by atoms with Crippen LogP contribution in [0.5, 0.6) is 0 Å². The van der Waals surface area contributed by atoms with Crippen LogP contribution in [0.4, 0.5) is 0 Å². The molecule has 2 heterocycles. The molecule has 1 atom stereocenters. The number of hydrogen-bond donors (Lipinski definition) is 1. The van der Waals surface area contributed by atoms with E-state index in [1.807, 2.05) is 19.2 Å². The third-order valence-corrected chi connectivity index (χ3v) is 2.63. The predicted octanol–water partition coefficient (Wildman–Crippen LogP) is 1.83. The highest BCUT2D eigenvalue weighted by Gasteiger charge is 2.29. The van der Waals surface area contributed by atoms with Crippen LogP contribution in [0.15, 0.2) is 18.3 Å². The molecule has 0 bridgehead atoms. The summed E-state index contributed by atoms with van der Waals surface area (Å²) in [5.41, 5.74) is 2.17. The van der Waals surface area contributed by atoms with Crippen molar-refractivity contribution in [3.63, 3.8) is 0 Å². The number of nitrogens with one attached hydrogen (secondary N) is 1. The fourth-order valence-electron chi connectivity index (χ4n) is 1.93. The molecule has 2 rings (SSSR count). The van der Waals surface area contributed by atoms with Crippen LogP contribution in [-0.4, -0.2) is 23.7 Å². The molecule has 1 saturated heterocycles. The number of nitrogens with zero attached hydrogens (tertiary/aromatic N) is 1. The Bertz CT molecular complexity index is 349. The highest BCUT2D eigenvalue weighted by Crippen LogP contribution is 2.26. The van der Waals surface area contributed by atoms with Crippen LogP contribution in [0.1, 0.15) is 31.2 Å². The summed E-state index contributed by atoms with van der Waals surface area (Å²) in [6, 6.07) is 4.12. The van der Waals surface area contributed by atoms with Crippen LogP contribution in [0.3, 0.4) is 0 Å². The van der Waals surface area contributed by atoms with E-state index in [0.29, 0.717) is 0 Å². The molecule has 0 radical (unpaired) electrons. The van der Waals surface area contributed by atoms with Gasteiger partial charge in [-0.25, -0.2) is 0 Å². The maximum atomic E-state index is 6.02. The Kier molecular flexibility index (Phi) is 2.76. The Balaban J connectivity index is 2.17. The first kappa shape index (κ1) is 10.6. The molecule has 3 nitrogen and oxygen atoms in total. The summed E-state index contributed by atoms with van der Waals surface area (Å²) < 4.78 is 6.02. The minimum atomic E-state index is -0.0832. The number of hydrogen-bond acceptors (Lipinski definition) is 3. The van der Waals surface area contributed by atoms with Crippen LogP contribution >= 0.6 is 0 Å². The minimum Gasteiger partial charge on any atom is -0.365 e. The van der Waals surface area contributed by atoms with Crippen molar-refractivity contribution >= 4 is 0 Å². The number of aromatic nitrogens is 1. The Morgan fingerprint density at radius 1 is 1.53 bits per heavy atom. The zero-order valence-corrected chi connectivity index (χ0v) is 9.58.